The van der Waals surface area contributed by atoms with Crippen LogP contribution in [0, 0.1) is 6.61 Å². The molecule has 0 saturated carbocycles. The van der Waals surface area contributed by atoms with Crippen molar-refractivity contribution in [3.63, 3.8) is 0 Å². The lowest BCUT2D eigenvalue weighted by Gasteiger charge is -2.08. The maximum Gasteiger partial charge on any atom is 0.485 e. The molecular formula is C10H11F3O4S. The number of hydrogen-bond acceptors (Lipinski definition) is 4. The van der Waals surface area contributed by atoms with Crippen LogP contribution < -0.4 is 0 Å². The summed E-state index contributed by atoms with van der Waals surface area (Å²) >= 11 is 0. The Balaban J connectivity index is 0.000000331. The molecule has 0 spiro atoms. The molecule has 8 heteroatoms. The Bertz CT molecular complexity index is 428. The summed E-state index contributed by atoms with van der Waals surface area (Å²) in [6.45, 7) is 4.26. The van der Waals surface area contributed by atoms with Crippen molar-refractivity contribution in [2.75, 3.05) is 0 Å². The minimum absolute atomic E-state index is 0.678. The molecule has 0 aliphatic carbocycles. The van der Waals surface area contributed by atoms with Gasteiger partial charge in [0.2, 0.25) is 6.61 Å². The quantitative estimate of drug-likeness (QED) is 0.486. The molecule has 0 bridgehead atoms. The van der Waals surface area contributed by atoms with Crippen LogP contribution in [0.15, 0.2) is 30.3 Å². The Morgan fingerprint density at radius 3 is 2.06 bits per heavy atom. The van der Waals surface area contributed by atoms with E-state index in [0.29, 0.717) is 6.61 Å². The summed E-state index contributed by atoms with van der Waals surface area (Å²) in [6, 6.07) is 10.1. The van der Waals surface area contributed by atoms with Crippen LogP contribution in [-0.4, -0.2) is 18.5 Å². The highest BCUT2D eigenvalue weighted by Crippen LogP contribution is 2.20. The third kappa shape index (κ3) is 7.15. The molecule has 0 heterocycles. The number of hydrogen-bond donors (Lipinski definition) is 0. The zero-order chi connectivity index (χ0) is 14.2. The first-order valence-electron chi connectivity index (χ1n) is 4.64. The smallest absolute Gasteiger partial charge is 0.485 e. The fourth-order valence-electron chi connectivity index (χ4n) is 0.754. The lowest BCUT2D eigenvalue weighted by Crippen LogP contribution is -2.21. The fraction of sp³-hybridized carbons (Fsp3) is 0.300. The summed E-state index contributed by atoms with van der Waals surface area (Å²) in [5.41, 5.74) is -4.44. The summed E-state index contributed by atoms with van der Waals surface area (Å²) in [5, 5.41) is 0. The monoisotopic (exact) mass is 284 g/mol. The van der Waals surface area contributed by atoms with Crippen LogP contribution in [0.5, 0.6) is 0 Å². The molecule has 1 aromatic rings. The molecule has 0 N–H and O–H groups in total. The first-order valence-corrected chi connectivity index (χ1v) is 6.05. The van der Waals surface area contributed by atoms with E-state index >= 15 is 0 Å². The summed E-state index contributed by atoms with van der Waals surface area (Å²) in [4.78, 5) is 0. The number of ether oxygens (including phenoxy) is 1. The second-order valence-electron chi connectivity index (χ2n) is 2.93. The molecule has 0 unspecified atom stereocenters. The van der Waals surface area contributed by atoms with Crippen LogP contribution in [0.4, 0.5) is 13.2 Å². The highest BCUT2D eigenvalue weighted by Gasteiger charge is 2.36. The van der Waals surface area contributed by atoms with Gasteiger partial charge in [0, 0.05) is 0 Å². The van der Waals surface area contributed by atoms with E-state index in [0.717, 1.165) is 0 Å². The molecule has 4 nitrogen and oxygen atoms in total. The second-order valence-corrected chi connectivity index (χ2v) is 4.30. The highest BCUT2D eigenvalue weighted by molar-refractivity contribution is 7.86. The van der Waals surface area contributed by atoms with Crippen molar-refractivity contribution in [2.45, 2.75) is 19.0 Å². The van der Waals surface area contributed by atoms with Gasteiger partial charge >= 0.3 is 5.51 Å². The zero-order valence-electron chi connectivity index (χ0n) is 9.35. The lowest BCUT2D eigenvalue weighted by atomic mass is 10.2. The van der Waals surface area contributed by atoms with Crippen molar-refractivity contribution in [3.05, 3.63) is 42.5 Å². The van der Waals surface area contributed by atoms with Gasteiger partial charge in [-0.05, 0) is 5.56 Å². The number of benzene rings is 1. The van der Waals surface area contributed by atoms with Crippen LogP contribution in [0.3, 0.4) is 0 Å². The first-order chi connectivity index (χ1) is 8.18. The van der Waals surface area contributed by atoms with Gasteiger partial charge in [-0.15, -0.1) is 0 Å². The van der Waals surface area contributed by atoms with Crippen molar-refractivity contribution < 1.29 is 30.9 Å². The molecule has 18 heavy (non-hydrogen) atoms. The molecule has 1 rings (SSSR count). The Kier molecular flexibility index (Phi) is 6.74. The van der Waals surface area contributed by atoms with Crippen LogP contribution in [0.2, 0.25) is 0 Å². The summed E-state index contributed by atoms with van der Waals surface area (Å²) in [5.74, 6) is 0. The minimum atomic E-state index is -6.09. The highest BCUT2D eigenvalue weighted by atomic mass is 32.2. The van der Waals surface area contributed by atoms with Gasteiger partial charge in [-0.3, -0.25) is 0 Å². The largest absolute Gasteiger partial charge is 0.741 e. The van der Waals surface area contributed by atoms with Gasteiger partial charge < -0.3 is 4.55 Å². The fourth-order valence-corrected chi connectivity index (χ4v) is 0.754. The van der Waals surface area contributed by atoms with Gasteiger partial charge in [-0.1, -0.05) is 30.3 Å². The zero-order valence-corrected chi connectivity index (χ0v) is 10.2. The summed E-state index contributed by atoms with van der Waals surface area (Å²) in [7, 11) is -6.09. The molecule has 0 aliphatic heterocycles. The SMILES string of the molecule is C[CH+]OCc1ccccc1.O=S(=O)([O-])C(F)(F)F. The van der Waals surface area contributed by atoms with Crippen LogP contribution in [-0.2, 0) is 21.5 Å². The molecule has 102 valence electrons. The molecule has 0 aromatic heterocycles. The Labute approximate surface area is 103 Å². The second kappa shape index (κ2) is 7.24. The molecule has 0 fully saturated rings. The van der Waals surface area contributed by atoms with Crippen molar-refractivity contribution in [2.24, 2.45) is 0 Å². The third-order valence-electron chi connectivity index (χ3n) is 1.54. The van der Waals surface area contributed by atoms with Crippen molar-refractivity contribution >= 4 is 10.1 Å². The van der Waals surface area contributed by atoms with Crippen molar-refractivity contribution in [1.82, 2.24) is 0 Å². The van der Waals surface area contributed by atoms with Gasteiger partial charge in [0.05, 0.1) is 0 Å². The standard InChI is InChI=1S/C9H11O.CHF3O3S/c1-2-10-8-9-6-4-3-5-7-9;2-1(3,4)8(5,6)7/h2-7H,8H2,1H3;(H,5,6,7)/q+1;/p-1. The van der Waals surface area contributed by atoms with Crippen LogP contribution in [0.25, 0.3) is 0 Å². The first kappa shape index (κ1) is 16.8. The van der Waals surface area contributed by atoms with E-state index in [1.807, 2.05) is 37.3 Å². The predicted molar refractivity (Wildman–Crippen MR) is 57.0 cm³/mol. The minimum Gasteiger partial charge on any atom is -0.741 e. The lowest BCUT2D eigenvalue weighted by molar-refractivity contribution is -0.0517. The number of halogens is 3. The maximum absolute atomic E-state index is 10.7. The average molecular weight is 284 g/mol. The Morgan fingerprint density at radius 1 is 1.28 bits per heavy atom. The van der Waals surface area contributed by atoms with Gasteiger partial charge in [-0.25, -0.2) is 8.42 Å². The number of alkyl halides is 3. The third-order valence-corrected chi connectivity index (χ3v) is 2.11. The van der Waals surface area contributed by atoms with E-state index in [9.17, 15) is 13.2 Å². The normalized spacial score (nSPS) is 11.4. The summed E-state index contributed by atoms with van der Waals surface area (Å²) in [6.07, 6.45) is 0. The molecule has 0 saturated heterocycles. The van der Waals surface area contributed by atoms with Crippen LogP contribution in [0.1, 0.15) is 12.5 Å². The van der Waals surface area contributed by atoms with Crippen molar-refractivity contribution in [1.29, 1.82) is 0 Å². The van der Waals surface area contributed by atoms with E-state index in [-0.39, 0.29) is 0 Å². The van der Waals surface area contributed by atoms with E-state index in [1.54, 1.807) is 6.61 Å². The molecule has 0 amide bonds. The van der Waals surface area contributed by atoms with E-state index < -0.39 is 15.6 Å². The van der Waals surface area contributed by atoms with Crippen molar-refractivity contribution in [3.8, 4) is 0 Å². The topological polar surface area (TPSA) is 66.4 Å². The van der Waals surface area contributed by atoms with Gasteiger partial charge in [0.15, 0.2) is 10.1 Å². The molecule has 0 radical (unpaired) electrons. The summed E-state index contributed by atoms with van der Waals surface area (Å²) < 4.78 is 64.0. The Hall–Kier alpha value is -1.25. The van der Waals surface area contributed by atoms with Gasteiger partial charge in [0.25, 0.3) is 0 Å². The van der Waals surface area contributed by atoms with Gasteiger partial charge in [-0.2, -0.15) is 17.9 Å². The molecule has 0 aliphatic rings. The molecular weight excluding hydrogens is 273 g/mol. The predicted octanol–water partition coefficient (Wildman–Crippen LogP) is 2.44. The number of rotatable bonds is 3. The Morgan fingerprint density at radius 2 is 1.72 bits per heavy atom. The maximum atomic E-state index is 10.7. The van der Waals surface area contributed by atoms with Gasteiger partial charge in [0.1, 0.15) is 13.5 Å². The van der Waals surface area contributed by atoms with E-state index in [1.165, 1.54) is 5.56 Å². The van der Waals surface area contributed by atoms with E-state index in [2.05, 4.69) is 0 Å². The molecule has 0 atom stereocenters. The van der Waals surface area contributed by atoms with E-state index in [4.69, 9.17) is 17.7 Å². The average Bonchev–Trinajstić information content (AvgIpc) is 2.26. The molecule has 1 aromatic carbocycles. The van der Waals surface area contributed by atoms with Crippen LogP contribution >= 0.6 is 0 Å².